The lowest BCUT2D eigenvalue weighted by Gasteiger charge is -2.19. The Morgan fingerprint density at radius 2 is 1.23 bits per heavy atom. The highest BCUT2D eigenvalue weighted by Gasteiger charge is 2.08. The number of nitrogens with zero attached hydrogens (tertiary/aromatic N) is 1. The molecule has 0 heterocycles. The van der Waals surface area contributed by atoms with E-state index in [2.05, 4.69) is 97.1 Å². The Kier molecular flexibility index (Phi) is 4.10. The maximum atomic E-state index is 3.58. The van der Waals surface area contributed by atoms with Crippen LogP contribution in [0.3, 0.4) is 0 Å². The van der Waals surface area contributed by atoms with Crippen LogP contribution in [0, 0.1) is 0 Å². The lowest BCUT2D eigenvalue weighted by molar-refractivity contribution is 1.13. The number of rotatable bonds is 4. The molecule has 0 aliphatic heterocycles. The Bertz CT molecular complexity index is 748. The van der Waals surface area contributed by atoms with Gasteiger partial charge in [0.05, 0.1) is 11.4 Å². The van der Waals surface area contributed by atoms with Gasteiger partial charge in [0.1, 0.15) is 0 Å². The first-order chi connectivity index (χ1) is 10.8. The lowest BCUT2D eigenvalue weighted by Crippen LogP contribution is -2.10. The molecule has 0 aromatic heterocycles. The maximum absolute atomic E-state index is 3.58. The van der Waals surface area contributed by atoms with Crippen LogP contribution in [0.1, 0.15) is 0 Å². The van der Waals surface area contributed by atoms with E-state index in [1.165, 1.54) is 16.8 Å². The van der Waals surface area contributed by atoms with Crippen molar-refractivity contribution in [2.45, 2.75) is 0 Å². The Morgan fingerprint density at radius 3 is 1.95 bits per heavy atom. The van der Waals surface area contributed by atoms with Crippen LogP contribution < -0.4 is 10.2 Å². The second kappa shape index (κ2) is 6.35. The van der Waals surface area contributed by atoms with Crippen molar-refractivity contribution in [2.24, 2.45) is 0 Å². The first kappa shape index (κ1) is 14.2. The number of hydrogen-bond acceptors (Lipinski definition) is 2. The van der Waals surface area contributed by atoms with Crippen molar-refractivity contribution in [2.75, 3.05) is 24.3 Å². The van der Waals surface area contributed by atoms with Crippen LogP contribution in [-0.2, 0) is 0 Å². The fraction of sp³-hybridized carbons (Fsp3) is 0.100. The molecule has 0 bridgehead atoms. The molecule has 3 aromatic carbocycles. The molecule has 1 N–H and O–H groups in total. The van der Waals surface area contributed by atoms with Crippen molar-refractivity contribution in [1.29, 1.82) is 0 Å². The van der Waals surface area contributed by atoms with Crippen LogP contribution in [0.25, 0.3) is 11.1 Å². The van der Waals surface area contributed by atoms with Crippen LogP contribution in [0.15, 0.2) is 78.9 Å². The zero-order valence-corrected chi connectivity index (χ0v) is 13.0. The zero-order chi connectivity index (χ0) is 15.4. The van der Waals surface area contributed by atoms with Crippen molar-refractivity contribution in [3.63, 3.8) is 0 Å². The number of hydrogen-bond donors (Lipinski definition) is 1. The summed E-state index contributed by atoms with van der Waals surface area (Å²) in [7, 11) is 4.12. The molecule has 0 aliphatic rings. The molecule has 0 saturated heterocycles. The topological polar surface area (TPSA) is 15.3 Å². The summed E-state index contributed by atoms with van der Waals surface area (Å²) in [5.74, 6) is 0. The third-order valence-electron chi connectivity index (χ3n) is 3.67. The summed E-state index contributed by atoms with van der Waals surface area (Å²) in [4.78, 5) is 2.12. The van der Waals surface area contributed by atoms with Crippen LogP contribution in [0.2, 0.25) is 0 Å². The van der Waals surface area contributed by atoms with E-state index >= 15 is 0 Å². The number of anilines is 3. The largest absolute Gasteiger partial charge is 0.376 e. The third kappa shape index (κ3) is 2.96. The quantitative estimate of drug-likeness (QED) is 0.713. The smallest absolute Gasteiger partial charge is 0.0622 e. The van der Waals surface area contributed by atoms with Crippen molar-refractivity contribution < 1.29 is 0 Å². The minimum Gasteiger partial charge on any atom is -0.376 e. The highest BCUT2D eigenvalue weighted by Crippen LogP contribution is 2.33. The average Bonchev–Trinajstić information content (AvgIpc) is 2.56. The second-order valence-corrected chi connectivity index (χ2v) is 5.45. The Labute approximate surface area is 132 Å². The molecular formula is C20H20N2. The molecule has 3 aromatic rings. The number of para-hydroxylation sites is 3. The first-order valence-electron chi connectivity index (χ1n) is 7.43. The first-order valence-corrected chi connectivity index (χ1v) is 7.43. The van der Waals surface area contributed by atoms with Gasteiger partial charge < -0.3 is 10.2 Å². The summed E-state index contributed by atoms with van der Waals surface area (Å²) >= 11 is 0. The Hall–Kier alpha value is -2.74. The summed E-state index contributed by atoms with van der Waals surface area (Å²) in [6, 6.07) is 27.2. The number of benzene rings is 3. The zero-order valence-electron chi connectivity index (χ0n) is 13.0. The average molecular weight is 288 g/mol. The van der Waals surface area contributed by atoms with Gasteiger partial charge in [-0.25, -0.2) is 0 Å². The van der Waals surface area contributed by atoms with Crippen molar-refractivity contribution >= 4 is 17.1 Å². The summed E-state index contributed by atoms with van der Waals surface area (Å²) in [5, 5.41) is 3.58. The van der Waals surface area contributed by atoms with E-state index in [0.29, 0.717) is 0 Å². The maximum Gasteiger partial charge on any atom is 0.0622 e. The molecule has 110 valence electrons. The summed E-state index contributed by atoms with van der Waals surface area (Å²) in [6.07, 6.45) is 0. The van der Waals surface area contributed by atoms with Gasteiger partial charge in [0, 0.05) is 25.3 Å². The SMILES string of the molecule is CN(C)c1ccccc1Nc1ccccc1-c1ccccc1. The molecular weight excluding hydrogens is 268 g/mol. The van der Waals surface area contributed by atoms with E-state index in [1.807, 2.05) is 6.07 Å². The lowest BCUT2D eigenvalue weighted by atomic mass is 10.0. The molecule has 0 spiro atoms. The van der Waals surface area contributed by atoms with Crippen molar-refractivity contribution in [1.82, 2.24) is 0 Å². The number of nitrogens with one attached hydrogen (secondary N) is 1. The van der Waals surface area contributed by atoms with Gasteiger partial charge in [-0.05, 0) is 23.8 Å². The van der Waals surface area contributed by atoms with Crippen LogP contribution >= 0.6 is 0 Å². The van der Waals surface area contributed by atoms with Crippen LogP contribution in [0.4, 0.5) is 17.1 Å². The highest BCUT2D eigenvalue weighted by atomic mass is 15.1. The van der Waals surface area contributed by atoms with Crippen molar-refractivity contribution in [3.8, 4) is 11.1 Å². The van der Waals surface area contributed by atoms with E-state index in [4.69, 9.17) is 0 Å². The van der Waals surface area contributed by atoms with Gasteiger partial charge in [-0.2, -0.15) is 0 Å². The Morgan fingerprint density at radius 1 is 0.636 bits per heavy atom. The van der Waals surface area contributed by atoms with E-state index in [9.17, 15) is 0 Å². The van der Waals surface area contributed by atoms with Gasteiger partial charge in [0.15, 0.2) is 0 Å². The molecule has 0 unspecified atom stereocenters. The summed E-state index contributed by atoms with van der Waals surface area (Å²) in [6.45, 7) is 0. The standard InChI is InChI=1S/C20H20N2/c1-22(2)20-15-9-8-14-19(20)21-18-13-7-6-12-17(18)16-10-4-3-5-11-16/h3-15,21H,1-2H3. The molecule has 0 atom stereocenters. The highest BCUT2D eigenvalue weighted by molar-refractivity contribution is 5.84. The monoisotopic (exact) mass is 288 g/mol. The van der Waals surface area contributed by atoms with Gasteiger partial charge >= 0.3 is 0 Å². The second-order valence-electron chi connectivity index (χ2n) is 5.45. The van der Waals surface area contributed by atoms with Gasteiger partial charge in [0.25, 0.3) is 0 Å². The summed E-state index contributed by atoms with van der Waals surface area (Å²) < 4.78 is 0. The molecule has 0 saturated carbocycles. The van der Waals surface area contributed by atoms with Crippen LogP contribution in [0.5, 0.6) is 0 Å². The van der Waals surface area contributed by atoms with Crippen LogP contribution in [-0.4, -0.2) is 14.1 Å². The molecule has 2 heteroatoms. The van der Waals surface area contributed by atoms with Gasteiger partial charge in [-0.1, -0.05) is 60.7 Å². The van der Waals surface area contributed by atoms with E-state index < -0.39 is 0 Å². The molecule has 22 heavy (non-hydrogen) atoms. The van der Waals surface area contributed by atoms with Gasteiger partial charge in [-0.15, -0.1) is 0 Å². The van der Waals surface area contributed by atoms with E-state index in [-0.39, 0.29) is 0 Å². The predicted molar refractivity (Wildman–Crippen MR) is 95.9 cm³/mol. The van der Waals surface area contributed by atoms with Gasteiger partial charge in [0.2, 0.25) is 0 Å². The normalized spacial score (nSPS) is 10.3. The molecule has 0 amide bonds. The molecule has 0 aliphatic carbocycles. The fourth-order valence-corrected chi connectivity index (χ4v) is 2.58. The Balaban J connectivity index is 2.01. The predicted octanol–water partition coefficient (Wildman–Crippen LogP) is 5.16. The molecule has 2 nitrogen and oxygen atoms in total. The van der Waals surface area contributed by atoms with E-state index in [1.54, 1.807) is 0 Å². The molecule has 0 radical (unpaired) electrons. The molecule has 0 fully saturated rings. The summed E-state index contributed by atoms with van der Waals surface area (Å²) in [5.41, 5.74) is 5.81. The third-order valence-corrected chi connectivity index (χ3v) is 3.67. The van der Waals surface area contributed by atoms with Gasteiger partial charge in [-0.3, -0.25) is 0 Å². The molecule has 3 rings (SSSR count). The fourth-order valence-electron chi connectivity index (χ4n) is 2.58. The minimum atomic E-state index is 1.11. The van der Waals surface area contributed by atoms with Crippen molar-refractivity contribution in [3.05, 3.63) is 78.9 Å². The van der Waals surface area contributed by atoms with E-state index in [0.717, 1.165) is 11.4 Å². The minimum absolute atomic E-state index is 1.11.